The molecule has 1 saturated heterocycles. The molecular weight excluding hydrogens is 416 g/mol. The molecule has 0 aromatic carbocycles. The van der Waals surface area contributed by atoms with Crippen LogP contribution in [0.1, 0.15) is 93.4 Å². The van der Waals surface area contributed by atoms with Gasteiger partial charge in [-0.1, -0.05) is 47.0 Å². The molecule has 0 spiro atoms. The first-order valence-electron chi connectivity index (χ1n) is 13.2. The van der Waals surface area contributed by atoms with Crippen molar-refractivity contribution in [1.82, 2.24) is 9.80 Å². The third-order valence-electron chi connectivity index (χ3n) is 7.34. The highest BCUT2D eigenvalue weighted by Gasteiger charge is 2.46. The second kappa shape index (κ2) is 12.4. The van der Waals surface area contributed by atoms with E-state index in [-0.39, 0.29) is 24.0 Å². The highest BCUT2D eigenvalue weighted by atomic mass is 16.6. The molecule has 1 saturated carbocycles. The van der Waals surface area contributed by atoms with Gasteiger partial charge in [-0.15, -0.1) is 0 Å². The summed E-state index contributed by atoms with van der Waals surface area (Å²) < 4.78 is 11.4. The van der Waals surface area contributed by atoms with Crippen LogP contribution in [0.25, 0.3) is 0 Å². The minimum atomic E-state index is -0.595. The van der Waals surface area contributed by atoms with Crippen molar-refractivity contribution in [2.75, 3.05) is 26.8 Å². The molecule has 0 unspecified atom stereocenters. The van der Waals surface area contributed by atoms with Gasteiger partial charge in [-0.3, -0.25) is 9.69 Å². The third kappa shape index (κ3) is 7.87. The first-order chi connectivity index (χ1) is 15.5. The van der Waals surface area contributed by atoms with Crippen LogP contribution in [0.15, 0.2) is 0 Å². The van der Waals surface area contributed by atoms with E-state index in [1.165, 1.54) is 6.42 Å². The number of likely N-dealkylation sites (tertiary alicyclic amines) is 1. The molecular formula is C27H50N2O4. The van der Waals surface area contributed by atoms with Crippen molar-refractivity contribution in [2.24, 2.45) is 23.7 Å². The van der Waals surface area contributed by atoms with Gasteiger partial charge in [0.25, 0.3) is 0 Å². The maximum Gasteiger partial charge on any atom is 0.410 e. The smallest absolute Gasteiger partial charge is 0.410 e. The van der Waals surface area contributed by atoms with Gasteiger partial charge in [0, 0.05) is 20.2 Å². The maximum atomic E-state index is 14.3. The van der Waals surface area contributed by atoms with Crippen LogP contribution in [0.4, 0.5) is 4.79 Å². The molecule has 1 aliphatic carbocycles. The summed E-state index contributed by atoms with van der Waals surface area (Å²) in [6.07, 6.45) is 6.94. The number of hydrogen-bond acceptors (Lipinski definition) is 4. The SMILES string of the molecule is COC[C@@H]1[C@@H](C(C)C)CCN1C(=O)[C@H](C1CCCCC1)N(CCC(C)C)C(=O)OC(C)(C)C. The Morgan fingerprint density at radius 2 is 1.67 bits per heavy atom. The van der Waals surface area contributed by atoms with E-state index in [1.54, 1.807) is 12.0 Å². The molecule has 192 valence electrons. The Kier molecular flexibility index (Phi) is 10.5. The van der Waals surface area contributed by atoms with Crippen LogP contribution >= 0.6 is 0 Å². The standard InChI is InChI=1S/C27H50N2O4/c1-19(2)14-16-29(26(31)33-27(5,6)7)24(21-12-10-9-11-13-21)25(30)28-17-15-22(20(3)4)23(28)18-32-8/h19-24H,9-18H2,1-8H3/t22-,23-,24+/m1/s1. The van der Waals surface area contributed by atoms with E-state index in [9.17, 15) is 9.59 Å². The van der Waals surface area contributed by atoms with E-state index in [1.807, 2.05) is 25.7 Å². The van der Waals surface area contributed by atoms with Crippen LogP contribution in [0, 0.1) is 23.7 Å². The lowest BCUT2D eigenvalue weighted by Gasteiger charge is -2.41. The van der Waals surface area contributed by atoms with Gasteiger partial charge in [0.15, 0.2) is 0 Å². The van der Waals surface area contributed by atoms with Crippen LogP contribution in [-0.2, 0) is 14.3 Å². The van der Waals surface area contributed by atoms with E-state index in [0.29, 0.717) is 30.9 Å². The van der Waals surface area contributed by atoms with Crippen molar-refractivity contribution in [1.29, 1.82) is 0 Å². The molecule has 3 atom stereocenters. The minimum Gasteiger partial charge on any atom is -0.444 e. The van der Waals surface area contributed by atoms with Gasteiger partial charge in [-0.2, -0.15) is 0 Å². The van der Waals surface area contributed by atoms with Crippen molar-refractivity contribution in [3.05, 3.63) is 0 Å². The Morgan fingerprint density at radius 3 is 2.18 bits per heavy atom. The summed E-state index contributed by atoms with van der Waals surface area (Å²) in [6, 6.07) is -0.386. The Bertz CT molecular complexity index is 622. The zero-order chi connectivity index (χ0) is 24.8. The molecule has 0 aromatic rings. The van der Waals surface area contributed by atoms with Crippen molar-refractivity contribution < 1.29 is 19.1 Å². The van der Waals surface area contributed by atoms with Crippen molar-refractivity contribution in [2.45, 2.75) is 111 Å². The van der Waals surface area contributed by atoms with Crippen molar-refractivity contribution >= 4 is 12.0 Å². The molecule has 6 nitrogen and oxygen atoms in total. The van der Waals surface area contributed by atoms with E-state index in [2.05, 4.69) is 27.7 Å². The molecule has 2 aliphatic rings. The Hall–Kier alpha value is -1.30. The molecule has 0 bridgehead atoms. The van der Waals surface area contributed by atoms with Crippen LogP contribution in [0.5, 0.6) is 0 Å². The molecule has 0 radical (unpaired) electrons. The van der Waals surface area contributed by atoms with Gasteiger partial charge in [0.05, 0.1) is 12.6 Å². The fraction of sp³-hybridized carbons (Fsp3) is 0.926. The number of hydrogen-bond donors (Lipinski definition) is 0. The predicted molar refractivity (Wildman–Crippen MR) is 133 cm³/mol. The highest BCUT2D eigenvalue weighted by Crippen LogP contribution is 2.36. The van der Waals surface area contributed by atoms with Gasteiger partial charge >= 0.3 is 6.09 Å². The van der Waals surface area contributed by atoms with Gasteiger partial charge in [-0.25, -0.2) is 4.79 Å². The number of carbonyl (C=O) groups excluding carboxylic acids is 2. The van der Waals surface area contributed by atoms with Gasteiger partial charge in [0.1, 0.15) is 11.6 Å². The van der Waals surface area contributed by atoms with Gasteiger partial charge < -0.3 is 14.4 Å². The first kappa shape index (κ1) is 27.9. The minimum absolute atomic E-state index is 0.0687. The normalized spacial score (nSPS) is 23.3. The predicted octanol–water partition coefficient (Wildman–Crippen LogP) is 5.74. The van der Waals surface area contributed by atoms with E-state index < -0.39 is 11.6 Å². The number of methoxy groups -OCH3 is 1. The molecule has 2 rings (SSSR count). The summed E-state index contributed by atoms with van der Waals surface area (Å²) in [4.78, 5) is 31.6. The van der Waals surface area contributed by atoms with E-state index >= 15 is 0 Å². The average Bonchev–Trinajstić information content (AvgIpc) is 3.14. The third-order valence-corrected chi connectivity index (χ3v) is 7.34. The number of amides is 2. The lowest BCUT2D eigenvalue weighted by atomic mass is 9.82. The first-order valence-corrected chi connectivity index (χ1v) is 13.2. The second-order valence-corrected chi connectivity index (χ2v) is 12.0. The molecule has 33 heavy (non-hydrogen) atoms. The van der Waals surface area contributed by atoms with E-state index in [4.69, 9.17) is 9.47 Å². The van der Waals surface area contributed by atoms with Crippen LogP contribution in [0.3, 0.4) is 0 Å². The van der Waals surface area contributed by atoms with Crippen LogP contribution in [-0.4, -0.2) is 66.3 Å². The number of ether oxygens (including phenoxy) is 2. The molecule has 6 heteroatoms. The Labute approximate surface area is 202 Å². The molecule has 2 fully saturated rings. The topological polar surface area (TPSA) is 59.1 Å². The monoisotopic (exact) mass is 466 g/mol. The summed E-state index contributed by atoms with van der Waals surface area (Å²) in [6.45, 7) is 16.3. The summed E-state index contributed by atoms with van der Waals surface area (Å²) in [5, 5.41) is 0. The summed E-state index contributed by atoms with van der Waals surface area (Å²) in [7, 11) is 1.71. The number of nitrogens with zero attached hydrogens (tertiary/aromatic N) is 2. The summed E-state index contributed by atoms with van der Waals surface area (Å²) >= 11 is 0. The quantitative estimate of drug-likeness (QED) is 0.435. The molecule has 1 aliphatic heterocycles. The van der Waals surface area contributed by atoms with Crippen molar-refractivity contribution in [3.8, 4) is 0 Å². The number of rotatable bonds is 9. The Balaban J connectivity index is 2.40. The molecule has 2 amide bonds. The van der Waals surface area contributed by atoms with Crippen molar-refractivity contribution in [3.63, 3.8) is 0 Å². The highest BCUT2D eigenvalue weighted by molar-refractivity contribution is 5.86. The van der Waals surface area contributed by atoms with Crippen LogP contribution in [0.2, 0.25) is 0 Å². The lowest BCUT2D eigenvalue weighted by molar-refractivity contribution is -0.142. The van der Waals surface area contributed by atoms with E-state index in [0.717, 1.165) is 45.1 Å². The molecule has 0 N–H and O–H groups in total. The Morgan fingerprint density at radius 1 is 1.03 bits per heavy atom. The zero-order valence-corrected chi connectivity index (χ0v) is 22.6. The fourth-order valence-corrected chi connectivity index (χ4v) is 5.58. The zero-order valence-electron chi connectivity index (χ0n) is 22.6. The second-order valence-electron chi connectivity index (χ2n) is 12.0. The van der Waals surface area contributed by atoms with Gasteiger partial charge in [-0.05, 0) is 70.1 Å². The largest absolute Gasteiger partial charge is 0.444 e. The average molecular weight is 467 g/mol. The molecule has 0 aromatic heterocycles. The van der Waals surface area contributed by atoms with Gasteiger partial charge in [0.2, 0.25) is 5.91 Å². The maximum absolute atomic E-state index is 14.3. The van der Waals surface area contributed by atoms with Crippen LogP contribution < -0.4 is 0 Å². The summed E-state index contributed by atoms with van der Waals surface area (Å²) in [5.41, 5.74) is -0.595. The molecule has 1 heterocycles. The fourth-order valence-electron chi connectivity index (χ4n) is 5.58. The summed E-state index contributed by atoms with van der Waals surface area (Å²) in [5.74, 6) is 1.63. The number of carbonyl (C=O) groups is 2. The lowest BCUT2D eigenvalue weighted by Crippen LogP contribution is -2.57.